The molecule has 0 heteroatoms. The molecule has 0 saturated carbocycles. The molecule has 0 spiro atoms. The van der Waals surface area contributed by atoms with Crippen LogP contribution in [0, 0.1) is 0 Å². The van der Waals surface area contributed by atoms with E-state index in [9.17, 15) is 0 Å². The van der Waals surface area contributed by atoms with Crippen LogP contribution >= 0.6 is 0 Å². The fraction of sp³-hybridized carbons (Fsp3) is 0.407. The van der Waals surface area contributed by atoms with Gasteiger partial charge in [0.25, 0.3) is 0 Å². The number of fused-ring (bicyclic) bond motifs is 3. The van der Waals surface area contributed by atoms with E-state index in [1.807, 2.05) is 0 Å². The predicted molar refractivity (Wildman–Crippen MR) is 118 cm³/mol. The van der Waals surface area contributed by atoms with Crippen molar-refractivity contribution in [2.24, 2.45) is 0 Å². The van der Waals surface area contributed by atoms with E-state index in [0.717, 1.165) is 12.8 Å². The Morgan fingerprint density at radius 2 is 1.37 bits per heavy atom. The highest BCUT2D eigenvalue weighted by Gasteiger charge is 2.28. The quantitative estimate of drug-likeness (QED) is 0.421. The van der Waals surface area contributed by atoms with E-state index in [-0.39, 0.29) is 10.8 Å². The molecule has 0 amide bonds. The predicted octanol–water partition coefficient (Wildman–Crippen LogP) is 7.59. The molecule has 4 rings (SSSR count). The van der Waals surface area contributed by atoms with Crippen molar-refractivity contribution < 1.29 is 0 Å². The Balaban J connectivity index is 1.94. The highest BCUT2D eigenvalue weighted by Crippen LogP contribution is 2.45. The third-order valence-corrected chi connectivity index (χ3v) is 6.14. The second kappa shape index (κ2) is 5.96. The maximum atomic E-state index is 2.47. The van der Waals surface area contributed by atoms with Crippen molar-refractivity contribution >= 4 is 5.57 Å². The first kappa shape index (κ1) is 18.3. The number of allylic oxidation sites excluding steroid dienone is 4. The first-order chi connectivity index (χ1) is 12.5. The van der Waals surface area contributed by atoms with Crippen LogP contribution in [0.25, 0.3) is 16.7 Å². The zero-order valence-corrected chi connectivity index (χ0v) is 18.0. The minimum absolute atomic E-state index is 0.149. The molecule has 2 aliphatic rings. The molecule has 0 N–H and O–H groups in total. The fourth-order valence-corrected chi connectivity index (χ4v) is 4.31. The Labute approximate surface area is 165 Å². The van der Waals surface area contributed by atoms with Crippen LogP contribution < -0.4 is 0 Å². The number of hydrogen-bond donors (Lipinski definition) is 0. The molecular formula is C27H32. The van der Waals surface area contributed by atoms with E-state index in [1.165, 1.54) is 50.1 Å². The monoisotopic (exact) mass is 356 g/mol. The number of hydrogen-bond acceptors (Lipinski definition) is 0. The van der Waals surface area contributed by atoms with Crippen LogP contribution in [-0.4, -0.2) is 0 Å². The van der Waals surface area contributed by atoms with Crippen LogP contribution in [-0.2, 0) is 17.3 Å². The Bertz CT molecular complexity index is 982. The fourth-order valence-electron chi connectivity index (χ4n) is 4.31. The molecule has 0 radical (unpaired) electrons. The average molecular weight is 357 g/mol. The summed E-state index contributed by atoms with van der Waals surface area (Å²) in [5.41, 5.74) is 13.5. The largest absolute Gasteiger partial charge is 0.0772 e. The van der Waals surface area contributed by atoms with Gasteiger partial charge < -0.3 is 0 Å². The van der Waals surface area contributed by atoms with Crippen LogP contribution in [0.3, 0.4) is 0 Å². The van der Waals surface area contributed by atoms with Gasteiger partial charge in [-0.15, -0.1) is 0 Å². The summed E-state index contributed by atoms with van der Waals surface area (Å²) in [5.74, 6) is 0. The van der Waals surface area contributed by atoms with E-state index < -0.39 is 0 Å². The summed E-state index contributed by atoms with van der Waals surface area (Å²) in [7, 11) is 0. The molecule has 0 aromatic heterocycles. The first-order valence-electron chi connectivity index (χ1n) is 10.2. The number of benzene rings is 2. The average Bonchev–Trinajstić information content (AvgIpc) is 3.15. The Morgan fingerprint density at radius 1 is 0.741 bits per heavy atom. The van der Waals surface area contributed by atoms with E-state index in [2.05, 4.69) is 91.0 Å². The second-order valence-corrected chi connectivity index (χ2v) is 10.4. The standard InChI is InChI=1S/C27H32/c1-17-8-9-18(12-17)23-15-21(27(5,6)7)16-25-22-14-20(26(2,3)4)11-10-19(22)13-24(23)25/h8,10-12,14-16H,9,13H2,1-7H3. The maximum Gasteiger partial charge on any atom is -0.000739 e. The lowest BCUT2D eigenvalue weighted by atomic mass is 9.81. The third-order valence-electron chi connectivity index (χ3n) is 6.14. The smallest absolute Gasteiger partial charge is 0.000739 e. The van der Waals surface area contributed by atoms with Gasteiger partial charge in [0, 0.05) is 0 Å². The molecule has 27 heavy (non-hydrogen) atoms. The molecule has 0 bridgehead atoms. The van der Waals surface area contributed by atoms with Crippen molar-refractivity contribution in [3.63, 3.8) is 0 Å². The van der Waals surface area contributed by atoms with E-state index in [0.29, 0.717) is 0 Å². The van der Waals surface area contributed by atoms with Crippen molar-refractivity contribution in [1.82, 2.24) is 0 Å². The molecule has 0 heterocycles. The summed E-state index contributed by atoms with van der Waals surface area (Å²) in [6.07, 6.45) is 6.86. The van der Waals surface area contributed by atoms with Gasteiger partial charge in [0.15, 0.2) is 0 Å². The van der Waals surface area contributed by atoms with Crippen LogP contribution in [0.4, 0.5) is 0 Å². The summed E-state index contributed by atoms with van der Waals surface area (Å²) < 4.78 is 0. The molecule has 0 atom stereocenters. The van der Waals surface area contributed by atoms with Crippen molar-refractivity contribution in [1.29, 1.82) is 0 Å². The highest BCUT2D eigenvalue weighted by molar-refractivity contribution is 5.86. The Morgan fingerprint density at radius 3 is 1.96 bits per heavy atom. The molecule has 0 fully saturated rings. The summed E-state index contributed by atoms with van der Waals surface area (Å²) >= 11 is 0. The lowest BCUT2D eigenvalue weighted by Crippen LogP contribution is -2.12. The van der Waals surface area contributed by atoms with Gasteiger partial charge in [0.2, 0.25) is 0 Å². The van der Waals surface area contributed by atoms with Crippen molar-refractivity contribution in [2.75, 3.05) is 0 Å². The molecule has 2 aromatic rings. The van der Waals surface area contributed by atoms with Gasteiger partial charge >= 0.3 is 0 Å². The molecule has 0 nitrogen and oxygen atoms in total. The minimum atomic E-state index is 0.149. The van der Waals surface area contributed by atoms with Crippen molar-refractivity contribution in [3.8, 4) is 11.1 Å². The molecule has 0 saturated heterocycles. The zero-order valence-electron chi connectivity index (χ0n) is 18.0. The van der Waals surface area contributed by atoms with Gasteiger partial charge in [0.05, 0.1) is 0 Å². The Hall–Kier alpha value is -2.08. The van der Waals surface area contributed by atoms with Crippen molar-refractivity contribution in [3.05, 3.63) is 75.9 Å². The molecule has 0 unspecified atom stereocenters. The lowest BCUT2D eigenvalue weighted by Gasteiger charge is -2.23. The van der Waals surface area contributed by atoms with E-state index in [4.69, 9.17) is 0 Å². The maximum absolute atomic E-state index is 2.47. The molecule has 0 aliphatic heterocycles. The molecule has 2 aromatic carbocycles. The van der Waals surface area contributed by atoms with Gasteiger partial charge in [-0.1, -0.05) is 89.6 Å². The summed E-state index contributed by atoms with van der Waals surface area (Å²) in [6, 6.07) is 12.1. The van der Waals surface area contributed by atoms with Crippen LogP contribution in [0.5, 0.6) is 0 Å². The summed E-state index contributed by atoms with van der Waals surface area (Å²) in [6.45, 7) is 16.1. The van der Waals surface area contributed by atoms with Crippen LogP contribution in [0.15, 0.2) is 48.1 Å². The molecule has 2 aliphatic carbocycles. The van der Waals surface area contributed by atoms with Gasteiger partial charge in [-0.25, -0.2) is 0 Å². The SMILES string of the molecule is CC1=CCC(c2cc(C(C)(C)C)cc3c2Cc2ccc(C(C)(C)C)cc2-3)=C1. The van der Waals surface area contributed by atoms with Crippen LogP contribution in [0.1, 0.15) is 82.7 Å². The zero-order chi connectivity index (χ0) is 19.6. The number of rotatable bonds is 1. The minimum Gasteiger partial charge on any atom is -0.0772 e. The molecule has 140 valence electrons. The second-order valence-electron chi connectivity index (χ2n) is 10.4. The first-order valence-corrected chi connectivity index (χ1v) is 10.2. The van der Waals surface area contributed by atoms with Gasteiger partial charge in [-0.05, 0) is 75.1 Å². The van der Waals surface area contributed by atoms with Crippen molar-refractivity contribution in [2.45, 2.75) is 72.1 Å². The van der Waals surface area contributed by atoms with Gasteiger partial charge in [-0.3, -0.25) is 0 Å². The van der Waals surface area contributed by atoms with Gasteiger partial charge in [0.1, 0.15) is 0 Å². The topological polar surface area (TPSA) is 0 Å². The van der Waals surface area contributed by atoms with E-state index >= 15 is 0 Å². The summed E-state index contributed by atoms with van der Waals surface area (Å²) in [5, 5.41) is 0. The normalized spacial score (nSPS) is 16.1. The summed E-state index contributed by atoms with van der Waals surface area (Å²) in [4.78, 5) is 0. The van der Waals surface area contributed by atoms with E-state index in [1.54, 1.807) is 0 Å². The van der Waals surface area contributed by atoms with Gasteiger partial charge in [-0.2, -0.15) is 0 Å². The van der Waals surface area contributed by atoms with Crippen LogP contribution in [0.2, 0.25) is 0 Å². The highest BCUT2D eigenvalue weighted by atomic mass is 14.3. The lowest BCUT2D eigenvalue weighted by molar-refractivity contribution is 0.589. The molecular weight excluding hydrogens is 324 g/mol. The Kier molecular flexibility index (Phi) is 4.04. The third kappa shape index (κ3) is 3.20.